The Balaban J connectivity index is 2.50. The Morgan fingerprint density at radius 3 is 2.00 bits per heavy atom. The summed E-state index contributed by atoms with van der Waals surface area (Å²) in [4.78, 5) is 24.3. The minimum Gasteiger partial charge on any atom is -0.504 e. The molecule has 1 rings (SSSR count). The average molecular weight is 306 g/mol. The van der Waals surface area contributed by atoms with E-state index in [4.69, 9.17) is 0 Å². The Morgan fingerprint density at radius 2 is 1.36 bits per heavy atom. The predicted molar refractivity (Wildman–Crippen MR) is 89.9 cm³/mol. The van der Waals surface area contributed by atoms with E-state index in [0.29, 0.717) is 24.0 Å². The van der Waals surface area contributed by atoms with Crippen LogP contribution in [0.1, 0.15) is 84.5 Å². The Bertz CT molecular complexity index is 444. The summed E-state index contributed by atoms with van der Waals surface area (Å²) in [6, 6.07) is 0. The number of rotatable bonds is 11. The lowest BCUT2D eigenvalue weighted by atomic mass is 9.89. The largest absolute Gasteiger partial charge is 0.504 e. The number of aliphatic hydroxyl groups excluding tert-OH is 1. The van der Waals surface area contributed by atoms with Gasteiger partial charge in [0.1, 0.15) is 0 Å². The molecule has 124 valence electrons. The highest BCUT2D eigenvalue weighted by atomic mass is 16.3. The SMILES string of the molecule is CCCCCCCC1=CC(=O)C(CCCCCC)=C(O)C1=O. The lowest BCUT2D eigenvalue weighted by Gasteiger charge is -2.15. The highest BCUT2D eigenvalue weighted by Gasteiger charge is 2.27. The fourth-order valence-electron chi connectivity index (χ4n) is 2.79. The standard InChI is InChI=1S/C19H30O3/c1-3-5-7-9-10-12-15-14-17(20)16(19(22)18(15)21)13-11-8-6-4-2/h14,22H,3-13H2,1-2H3. The van der Waals surface area contributed by atoms with Crippen LogP contribution in [0.4, 0.5) is 0 Å². The van der Waals surface area contributed by atoms with E-state index >= 15 is 0 Å². The van der Waals surface area contributed by atoms with Gasteiger partial charge in [0.25, 0.3) is 0 Å². The molecule has 0 aromatic carbocycles. The Morgan fingerprint density at radius 1 is 0.818 bits per heavy atom. The van der Waals surface area contributed by atoms with Gasteiger partial charge in [0, 0.05) is 11.1 Å². The van der Waals surface area contributed by atoms with E-state index in [1.807, 2.05) is 0 Å². The van der Waals surface area contributed by atoms with E-state index < -0.39 is 0 Å². The van der Waals surface area contributed by atoms with Crippen molar-refractivity contribution in [1.82, 2.24) is 0 Å². The van der Waals surface area contributed by atoms with Crippen molar-refractivity contribution in [2.45, 2.75) is 84.5 Å². The number of ketones is 2. The lowest BCUT2D eigenvalue weighted by molar-refractivity contribution is -0.118. The van der Waals surface area contributed by atoms with Gasteiger partial charge in [-0.15, -0.1) is 0 Å². The molecule has 0 atom stereocenters. The first kappa shape index (κ1) is 18.7. The van der Waals surface area contributed by atoms with Gasteiger partial charge in [-0.25, -0.2) is 0 Å². The summed E-state index contributed by atoms with van der Waals surface area (Å²) in [5.41, 5.74) is 0.798. The average Bonchev–Trinajstić information content (AvgIpc) is 2.51. The maximum Gasteiger partial charge on any atom is 0.223 e. The molecule has 0 aromatic rings. The first-order valence-corrected chi connectivity index (χ1v) is 8.83. The topological polar surface area (TPSA) is 54.4 Å². The Hall–Kier alpha value is -1.38. The molecule has 0 radical (unpaired) electrons. The van der Waals surface area contributed by atoms with Crippen molar-refractivity contribution >= 4 is 11.6 Å². The zero-order valence-corrected chi connectivity index (χ0v) is 14.1. The van der Waals surface area contributed by atoms with Gasteiger partial charge in [-0.3, -0.25) is 9.59 Å². The third-order valence-electron chi connectivity index (χ3n) is 4.23. The first-order chi connectivity index (χ1) is 10.6. The predicted octanol–water partition coefficient (Wildman–Crippen LogP) is 5.21. The van der Waals surface area contributed by atoms with Crippen LogP contribution in [0, 0.1) is 0 Å². The van der Waals surface area contributed by atoms with Crippen LogP contribution in [0.2, 0.25) is 0 Å². The molecule has 0 bridgehead atoms. The van der Waals surface area contributed by atoms with Crippen molar-refractivity contribution in [3.63, 3.8) is 0 Å². The molecule has 1 N–H and O–H groups in total. The van der Waals surface area contributed by atoms with Crippen molar-refractivity contribution in [2.75, 3.05) is 0 Å². The fourth-order valence-corrected chi connectivity index (χ4v) is 2.79. The molecule has 0 heterocycles. The Kier molecular flexibility index (Phi) is 8.79. The number of allylic oxidation sites excluding steroid dienone is 3. The summed E-state index contributed by atoms with van der Waals surface area (Å²) in [7, 11) is 0. The molecule has 0 unspecified atom stereocenters. The normalized spacial score (nSPS) is 15.5. The summed E-state index contributed by atoms with van der Waals surface area (Å²) in [6.07, 6.45) is 12.2. The fraction of sp³-hybridized carbons (Fsp3) is 0.684. The zero-order valence-electron chi connectivity index (χ0n) is 14.1. The van der Waals surface area contributed by atoms with Gasteiger partial charge in [0.2, 0.25) is 5.78 Å². The van der Waals surface area contributed by atoms with Crippen LogP contribution in [0.3, 0.4) is 0 Å². The van der Waals surface area contributed by atoms with Gasteiger partial charge in [0.15, 0.2) is 11.5 Å². The van der Waals surface area contributed by atoms with Gasteiger partial charge in [-0.05, 0) is 31.8 Å². The van der Waals surface area contributed by atoms with Gasteiger partial charge >= 0.3 is 0 Å². The summed E-state index contributed by atoms with van der Waals surface area (Å²) >= 11 is 0. The van der Waals surface area contributed by atoms with Gasteiger partial charge in [-0.1, -0.05) is 58.8 Å². The zero-order chi connectivity index (χ0) is 16.4. The second-order valence-electron chi connectivity index (χ2n) is 6.16. The van der Waals surface area contributed by atoms with Crippen molar-refractivity contribution in [3.8, 4) is 0 Å². The van der Waals surface area contributed by atoms with Crippen molar-refractivity contribution in [2.24, 2.45) is 0 Å². The maximum atomic E-state index is 12.2. The molecule has 0 amide bonds. The highest BCUT2D eigenvalue weighted by Crippen LogP contribution is 2.25. The van der Waals surface area contributed by atoms with Gasteiger partial charge in [0.05, 0.1) is 0 Å². The van der Waals surface area contributed by atoms with Gasteiger partial charge in [-0.2, -0.15) is 0 Å². The van der Waals surface area contributed by atoms with Crippen LogP contribution in [0.25, 0.3) is 0 Å². The van der Waals surface area contributed by atoms with E-state index in [1.54, 1.807) is 0 Å². The summed E-state index contributed by atoms with van der Waals surface area (Å²) in [5.74, 6) is -0.801. The molecular formula is C19H30O3. The number of hydrogen-bond donors (Lipinski definition) is 1. The minimum absolute atomic E-state index is 0.169. The minimum atomic E-state index is -0.333. The molecule has 3 heteroatoms. The van der Waals surface area contributed by atoms with E-state index in [9.17, 15) is 14.7 Å². The van der Waals surface area contributed by atoms with Crippen LogP contribution in [0.5, 0.6) is 0 Å². The summed E-state index contributed by atoms with van der Waals surface area (Å²) in [6.45, 7) is 4.29. The molecule has 0 aliphatic heterocycles. The van der Waals surface area contributed by atoms with Crippen LogP contribution in [-0.4, -0.2) is 16.7 Å². The molecule has 0 spiro atoms. The second kappa shape index (κ2) is 10.4. The summed E-state index contributed by atoms with van der Waals surface area (Å²) < 4.78 is 0. The van der Waals surface area contributed by atoms with E-state index in [-0.39, 0.29) is 17.3 Å². The molecule has 22 heavy (non-hydrogen) atoms. The maximum absolute atomic E-state index is 12.2. The molecule has 0 aromatic heterocycles. The van der Waals surface area contributed by atoms with E-state index in [2.05, 4.69) is 13.8 Å². The number of aliphatic hydroxyl groups is 1. The Labute approximate surface area is 134 Å². The molecule has 1 aliphatic carbocycles. The number of carbonyl (C=O) groups excluding carboxylic acids is 2. The number of unbranched alkanes of at least 4 members (excludes halogenated alkanes) is 7. The van der Waals surface area contributed by atoms with Crippen molar-refractivity contribution in [1.29, 1.82) is 0 Å². The summed E-state index contributed by atoms with van der Waals surface area (Å²) in [5, 5.41) is 10.0. The van der Waals surface area contributed by atoms with Crippen LogP contribution in [0.15, 0.2) is 23.0 Å². The quantitative estimate of drug-likeness (QED) is 0.421. The van der Waals surface area contributed by atoms with E-state index in [0.717, 1.165) is 44.9 Å². The van der Waals surface area contributed by atoms with Gasteiger partial charge < -0.3 is 5.11 Å². The van der Waals surface area contributed by atoms with E-state index in [1.165, 1.54) is 18.9 Å². The first-order valence-electron chi connectivity index (χ1n) is 8.83. The second-order valence-corrected chi connectivity index (χ2v) is 6.16. The third kappa shape index (κ3) is 5.78. The highest BCUT2D eigenvalue weighted by molar-refractivity contribution is 6.21. The van der Waals surface area contributed by atoms with Crippen LogP contribution in [-0.2, 0) is 9.59 Å². The number of carbonyl (C=O) groups is 2. The lowest BCUT2D eigenvalue weighted by Crippen LogP contribution is -2.19. The molecular weight excluding hydrogens is 276 g/mol. The van der Waals surface area contributed by atoms with Crippen molar-refractivity contribution < 1.29 is 14.7 Å². The van der Waals surface area contributed by atoms with Crippen LogP contribution < -0.4 is 0 Å². The smallest absolute Gasteiger partial charge is 0.223 e. The number of Topliss-reactive ketones (excluding diaryl/α,β-unsaturated/α-hetero) is 1. The van der Waals surface area contributed by atoms with Crippen LogP contribution >= 0.6 is 0 Å². The number of hydrogen-bond acceptors (Lipinski definition) is 3. The molecule has 0 saturated heterocycles. The third-order valence-corrected chi connectivity index (χ3v) is 4.23. The monoisotopic (exact) mass is 306 g/mol. The molecule has 0 saturated carbocycles. The molecule has 0 fully saturated rings. The van der Waals surface area contributed by atoms with Crippen molar-refractivity contribution in [3.05, 3.63) is 23.0 Å². The molecule has 1 aliphatic rings. The molecule has 3 nitrogen and oxygen atoms in total.